The molecule has 0 bridgehead atoms. The van der Waals surface area contributed by atoms with Crippen molar-refractivity contribution in [3.05, 3.63) is 59.5 Å². The van der Waals surface area contributed by atoms with Crippen molar-refractivity contribution in [3.8, 4) is 0 Å². The van der Waals surface area contributed by atoms with Crippen LogP contribution in [0, 0.1) is 0 Å². The Hall–Kier alpha value is -1.54. The molecule has 2 aromatic rings. The van der Waals surface area contributed by atoms with Crippen LogP contribution in [-0.4, -0.2) is 6.54 Å². The fraction of sp³-hybridized carbons (Fsp3) is 0.375. The Labute approximate surface area is 108 Å². The van der Waals surface area contributed by atoms with E-state index in [9.17, 15) is 0 Å². The number of furan rings is 1. The molecule has 0 radical (unpaired) electrons. The van der Waals surface area contributed by atoms with Crippen LogP contribution >= 0.6 is 0 Å². The maximum atomic E-state index is 6.13. The number of aryl methyl sites for hydroxylation is 1. The van der Waals surface area contributed by atoms with Crippen LogP contribution in [0.25, 0.3) is 0 Å². The summed E-state index contributed by atoms with van der Waals surface area (Å²) in [4.78, 5) is 0. The number of fused-ring (bicyclic) bond motifs is 1. The van der Waals surface area contributed by atoms with Gasteiger partial charge in [-0.1, -0.05) is 24.3 Å². The highest BCUT2D eigenvalue weighted by molar-refractivity contribution is 5.38. The van der Waals surface area contributed by atoms with Crippen LogP contribution in [0.15, 0.2) is 47.1 Å². The Balaban J connectivity index is 2.02. The molecule has 1 aliphatic rings. The third kappa shape index (κ3) is 1.87. The Bertz CT molecular complexity index is 518. The minimum absolute atomic E-state index is 0.0622. The molecule has 0 fully saturated rings. The first kappa shape index (κ1) is 11.5. The van der Waals surface area contributed by atoms with E-state index < -0.39 is 0 Å². The van der Waals surface area contributed by atoms with Gasteiger partial charge < -0.3 is 10.2 Å². The van der Waals surface area contributed by atoms with E-state index in [-0.39, 0.29) is 5.41 Å². The lowest BCUT2D eigenvalue weighted by atomic mass is 9.67. The van der Waals surface area contributed by atoms with Crippen LogP contribution < -0.4 is 5.73 Å². The number of rotatable bonds is 3. The smallest absolute Gasteiger partial charge is 0.104 e. The maximum absolute atomic E-state index is 6.13. The quantitative estimate of drug-likeness (QED) is 0.897. The number of benzene rings is 1. The van der Waals surface area contributed by atoms with Gasteiger partial charge >= 0.3 is 0 Å². The highest BCUT2D eigenvalue weighted by Gasteiger charge is 2.35. The van der Waals surface area contributed by atoms with Crippen molar-refractivity contribution in [2.24, 2.45) is 5.73 Å². The van der Waals surface area contributed by atoms with Crippen molar-refractivity contribution in [1.82, 2.24) is 0 Å². The van der Waals surface area contributed by atoms with Crippen LogP contribution in [0.5, 0.6) is 0 Å². The minimum atomic E-state index is 0.0622. The first-order valence-electron chi connectivity index (χ1n) is 6.65. The predicted octanol–water partition coefficient (Wildman–Crippen LogP) is 3.06. The monoisotopic (exact) mass is 241 g/mol. The highest BCUT2D eigenvalue weighted by atomic mass is 16.3. The van der Waals surface area contributed by atoms with E-state index in [2.05, 4.69) is 30.3 Å². The highest BCUT2D eigenvalue weighted by Crippen LogP contribution is 2.39. The van der Waals surface area contributed by atoms with Crippen LogP contribution in [-0.2, 0) is 18.3 Å². The molecule has 1 heterocycles. The zero-order valence-corrected chi connectivity index (χ0v) is 10.6. The molecule has 18 heavy (non-hydrogen) atoms. The summed E-state index contributed by atoms with van der Waals surface area (Å²) in [7, 11) is 0. The third-order valence-electron chi connectivity index (χ3n) is 4.17. The molecule has 0 saturated carbocycles. The molecule has 1 aromatic heterocycles. The largest absolute Gasteiger partial charge is 0.469 e. The summed E-state index contributed by atoms with van der Waals surface area (Å²) < 4.78 is 5.52. The molecule has 94 valence electrons. The lowest BCUT2D eigenvalue weighted by Crippen LogP contribution is -2.40. The normalized spacial score (nSPS) is 22.7. The van der Waals surface area contributed by atoms with Gasteiger partial charge in [0, 0.05) is 18.4 Å². The molecule has 0 saturated heterocycles. The Morgan fingerprint density at radius 1 is 1.17 bits per heavy atom. The summed E-state index contributed by atoms with van der Waals surface area (Å²) in [6.45, 7) is 0.685. The minimum Gasteiger partial charge on any atom is -0.469 e. The van der Waals surface area contributed by atoms with Gasteiger partial charge in [-0.3, -0.25) is 0 Å². The molecule has 2 nitrogen and oxygen atoms in total. The van der Waals surface area contributed by atoms with E-state index in [4.69, 9.17) is 10.2 Å². The topological polar surface area (TPSA) is 39.2 Å². The molecule has 1 aromatic carbocycles. The summed E-state index contributed by atoms with van der Waals surface area (Å²) in [5.74, 6) is 1.04. The summed E-state index contributed by atoms with van der Waals surface area (Å²) in [5.41, 5.74) is 9.08. The van der Waals surface area contributed by atoms with E-state index in [0.717, 1.165) is 18.6 Å². The van der Waals surface area contributed by atoms with Crippen LogP contribution in [0.2, 0.25) is 0 Å². The van der Waals surface area contributed by atoms with E-state index in [1.54, 1.807) is 6.26 Å². The molecule has 1 unspecified atom stereocenters. The first-order chi connectivity index (χ1) is 8.84. The van der Waals surface area contributed by atoms with Crippen LogP contribution in [0.3, 0.4) is 0 Å². The van der Waals surface area contributed by atoms with Gasteiger partial charge in [0.15, 0.2) is 0 Å². The number of hydrogen-bond acceptors (Lipinski definition) is 2. The molecule has 1 atom stereocenters. The van der Waals surface area contributed by atoms with Crippen molar-refractivity contribution in [2.45, 2.75) is 31.1 Å². The van der Waals surface area contributed by atoms with Crippen molar-refractivity contribution in [3.63, 3.8) is 0 Å². The van der Waals surface area contributed by atoms with Gasteiger partial charge in [-0.2, -0.15) is 0 Å². The Morgan fingerprint density at radius 3 is 2.83 bits per heavy atom. The second kappa shape index (κ2) is 4.62. The van der Waals surface area contributed by atoms with E-state index in [1.165, 1.54) is 24.0 Å². The third-order valence-corrected chi connectivity index (χ3v) is 4.17. The van der Waals surface area contributed by atoms with Gasteiger partial charge in [-0.25, -0.2) is 0 Å². The Kier molecular flexibility index (Phi) is 2.96. The standard InChI is InChI=1S/C16H19NO/c17-12-16(11-14-7-4-10-18-14)9-3-6-13-5-1-2-8-15(13)16/h1-2,4-5,7-8,10H,3,6,9,11-12,17H2. The zero-order chi connectivity index (χ0) is 12.4. The molecule has 0 aliphatic heterocycles. The van der Waals surface area contributed by atoms with Crippen molar-refractivity contribution in [2.75, 3.05) is 6.54 Å². The van der Waals surface area contributed by atoms with E-state index in [0.29, 0.717) is 6.54 Å². The molecule has 1 aliphatic carbocycles. The van der Waals surface area contributed by atoms with Crippen LogP contribution in [0.4, 0.5) is 0 Å². The van der Waals surface area contributed by atoms with E-state index in [1.807, 2.05) is 6.07 Å². The number of nitrogens with two attached hydrogens (primary N) is 1. The maximum Gasteiger partial charge on any atom is 0.104 e. The average Bonchev–Trinajstić information content (AvgIpc) is 2.92. The van der Waals surface area contributed by atoms with Crippen molar-refractivity contribution >= 4 is 0 Å². The lowest BCUT2D eigenvalue weighted by Gasteiger charge is -2.38. The van der Waals surface area contributed by atoms with Crippen LogP contribution in [0.1, 0.15) is 29.7 Å². The summed E-state index contributed by atoms with van der Waals surface area (Å²) >= 11 is 0. The van der Waals surface area contributed by atoms with E-state index >= 15 is 0 Å². The summed E-state index contributed by atoms with van der Waals surface area (Å²) in [6, 6.07) is 12.7. The van der Waals surface area contributed by atoms with Crippen molar-refractivity contribution in [1.29, 1.82) is 0 Å². The molecule has 2 N–H and O–H groups in total. The lowest BCUT2D eigenvalue weighted by molar-refractivity contribution is 0.336. The fourth-order valence-electron chi connectivity index (χ4n) is 3.22. The SMILES string of the molecule is NCC1(Cc2ccco2)CCCc2ccccc21. The van der Waals surface area contributed by atoms with Gasteiger partial charge in [-0.05, 0) is 42.5 Å². The van der Waals surface area contributed by atoms with Crippen molar-refractivity contribution < 1.29 is 4.42 Å². The summed E-state index contributed by atoms with van der Waals surface area (Å²) in [5, 5.41) is 0. The second-order valence-corrected chi connectivity index (χ2v) is 5.25. The average molecular weight is 241 g/mol. The number of hydrogen-bond donors (Lipinski definition) is 1. The molecular weight excluding hydrogens is 222 g/mol. The molecule has 0 amide bonds. The van der Waals surface area contributed by atoms with Gasteiger partial charge in [0.2, 0.25) is 0 Å². The van der Waals surface area contributed by atoms with Gasteiger partial charge in [0.05, 0.1) is 6.26 Å². The zero-order valence-electron chi connectivity index (χ0n) is 10.6. The Morgan fingerprint density at radius 2 is 2.06 bits per heavy atom. The molecule has 2 heteroatoms. The first-order valence-corrected chi connectivity index (χ1v) is 6.65. The molecule has 3 rings (SSSR count). The van der Waals surface area contributed by atoms with Gasteiger partial charge in [-0.15, -0.1) is 0 Å². The predicted molar refractivity (Wildman–Crippen MR) is 72.5 cm³/mol. The molecular formula is C16H19NO. The van der Waals surface area contributed by atoms with Gasteiger partial charge in [0.25, 0.3) is 0 Å². The molecule has 0 spiro atoms. The fourth-order valence-corrected chi connectivity index (χ4v) is 3.22. The van der Waals surface area contributed by atoms with Gasteiger partial charge in [0.1, 0.15) is 5.76 Å². The summed E-state index contributed by atoms with van der Waals surface area (Å²) in [6.07, 6.45) is 6.20. The second-order valence-electron chi connectivity index (χ2n) is 5.25.